The van der Waals surface area contributed by atoms with E-state index in [1.54, 1.807) is 13.0 Å². The molecular formula is C34H46N6O7S. The normalized spacial score (nSPS) is 24.2. The largest absolute Gasteiger partial charge is 0.484 e. The van der Waals surface area contributed by atoms with Gasteiger partial charge < -0.3 is 35.6 Å². The number of likely N-dealkylation sites (tertiary alicyclic amines) is 1. The second-order valence-electron chi connectivity index (χ2n) is 13.5. The van der Waals surface area contributed by atoms with Crippen molar-refractivity contribution in [1.29, 1.82) is 0 Å². The Morgan fingerprint density at radius 3 is 2.56 bits per heavy atom. The number of nitrogens with one attached hydrogen (secondary N) is 3. The summed E-state index contributed by atoms with van der Waals surface area (Å²) < 4.78 is 5.80. The van der Waals surface area contributed by atoms with Crippen LogP contribution in [-0.2, 0) is 25.6 Å². The molecule has 2 aromatic rings. The number of piperidine rings is 1. The Morgan fingerprint density at radius 2 is 1.88 bits per heavy atom. The summed E-state index contributed by atoms with van der Waals surface area (Å²) in [5.74, 6) is -1.28. The van der Waals surface area contributed by atoms with Gasteiger partial charge in [0.15, 0.2) is 6.61 Å². The summed E-state index contributed by atoms with van der Waals surface area (Å²) >= 11 is 1.44. The Kier molecular flexibility index (Phi) is 11.0. The molecule has 5 rings (SSSR count). The average Bonchev–Trinajstić information content (AvgIpc) is 3.72. The Morgan fingerprint density at radius 1 is 1.12 bits per heavy atom. The monoisotopic (exact) mass is 682 g/mol. The Bertz CT molecular complexity index is 1540. The van der Waals surface area contributed by atoms with Gasteiger partial charge in [-0.25, -0.2) is 4.98 Å². The summed E-state index contributed by atoms with van der Waals surface area (Å²) in [5.41, 5.74) is 1.21. The van der Waals surface area contributed by atoms with Crippen molar-refractivity contribution in [3.63, 3.8) is 0 Å². The molecule has 2 fully saturated rings. The first kappa shape index (κ1) is 35.3. The number of carbonyl (C=O) groups excluding carboxylic acids is 5. The number of aromatic nitrogens is 1. The van der Waals surface area contributed by atoms with Gasteiger partial charge in [-0.2, -0.15) is 0 Å². The highest BCUT2D eigenvalue weighted by atomic mass is 32.1. The summed E-state index contributed by atoms with van der Waals surface area (Å²) in [7, 11) is 0. The highest BCUT2D eigenvalue weighted by Crippen LogP contribution is 2.37. The first-order chi connectivity index (χ1) is 22.9. The molecule has 0 unspecified atom stereocenters. The van der Waals surface area contributed by atoms with Crippen LogP contribution in [0.5, 0.6) is 5.75 Å². The van der Waals surface area contributed by atoms with Crippen LogP contribution in [0.15, 0.2) is 24.3 Å². The van der Waals surface area contributed by atoms with Gasteiger partial charge in [-0.3, -0.25) is 24.0 Å². The van der Waals surface area contributed by atoms with E-state index < -0.39 is 53.8 Å². The fraction of sp³-hybridized carbons (Fsp3) is 0.588. The van der Waals surface area contributed by atoms with Gasteiger partial charge in [0.05, 0.1) is 17.3 Å². The molecule has 260 valence electrons. The number of ether oxygens (including phenoxy) is 1. The predicted octanol–water partition coefficient (Wildman–Crippen LogP) is 1.52. The summed E-state index contributed by atoms with van der Waals surface area (Å²) in [6.07, 6.45) is 2.72. The van der Waals surface area contributed by atoms with Gasteiger partial charge in [-0.1, -0.05) is 26.0 Å². The van der Waals surface area contributed by atoms with Crippen LogP contribution in [0.25, 0.3) is 0 Å². The lowest BCUT2D eigenvalue weighted by molar-refractivity contribution is -0.142. The zero-order valence-electron chi connectivity index (χ0n) is 28.0. The van der Waals surface area contributed by atoms with E-state index in [0.29, 0.717) is 62.4 Å². The van der Waals surface area contributed by atoms with E-state index in [2.05, 4.69) is 34.8 Å². The number of aliphatic hydroxyl groups excluding tert-OH is 1. The predicted molar refractivity (Wildman–Crippen MR) is 179 cm³/mol. The van der Waals surface area contributed by atoms with Crippen molar-refractivity contribution in [2.45, 2.75) is 83.8 Å². The number of aryl methyl sites for hydroxylation is 1. The number of aliphatic hydroxyl groups is 1. The number of hydrogen-bond acceptors (Lipinski definition) is 9. The van der Waals surface area contributed by atoms with Crippen molar-refractivity contribution in [2.75, 3.05) is 39.4 Å². The summed E-state index contributed by atoms with van der Waals surface area (Å²) in [6, 6.07) is 4.47. The molecule has 1 spiro atoms. The molecule has 5 amide bonds. The molecule has 2 bridgehead atoms. The minimum Gasteiger partial charge on any atom is -0.484 e. The van der Waals surface area contributed by atoms with Gasteiger partial charge in [0.25, 0.3) is 11.8 Å². The molecule has 0 saturated carbocycles. The highest BCUT2D eigenvalue weighted by molar-refractivity contribution is 7.13. The first-order valence-electron chi connectivity index (χ1n) is 16.7. The summed E-state index contributed by atoms with van der Waals surface area (Å²) in [6.45, 7) is 8.14. The molecule has 0 aliphatic carbocycles. The number of nitrogens with zero attached hydrogens (tertiary/aromatic N) is 3. The molecular weight excluding hydrogens is 636 g/mol. The average molecular weight is 683 g/mol. The van der Waals surface area contributed by atoms with Crippen molar-refractivity contribution in [1.82, 2.24) is 30.7 Å². The highest BCUT2D eigenvalue weighted by Gasteiger charge is 2.40. The molecule has 1 aromatic heterocycles. The van der Waals surface area contributed by atoms with Gasteiger partial charge in [0.1, 0.15) is 28.8 Å². The van der Waals surface area contributed by atoms with Crippen molar-refractivity contribution >= 4 is 40.9 Å². The van der Waals surface area contributed by atoms with Gasteiger partial charge in [-0.05, 0) is 69.1 Å². The lowest BCUT2D eigenvalue weighted by atomic mass is 9.73. The number of hydrogen-bond donors (Lipinski definition) is 4. The van der Waals surface area contributed by atoms with E-state index in [1.807, 2.05) is 30.0 Å². The van der Waals surface area contributed by atoms with Crippen LogP contribution in [0.1, 0.15) is 78.3 Å². The van der Waals surface area contributed by atoms with Gasteiger partial charge in [0, 0.05) is 32.1 Å². The molecule has 1 aromatic carbocycles. The third-order valence-electron chi connectivity index (χ3n) is 9.50. The standard InChI is InChI=1S/C34H46N6O7S/c1-20(2)31-37-21(3)28(48-31)33(46)39-13-10-34(11-14-39)16-23-7-5-8-24(15-23)47-18-27(42)36-22(4)32(45)40-12-6-9-26(40)30(44)38-25(17-41)29(43)35-19-34/h5,7-8,15,20,22,25-26,41H,6,9-14,16-19H2,1-4H3,(H,35,43)(H,36,42)(H,38,44)/t22-,25-,26-/m0/s1. The molecule has 4 N–H and O–H groups in total. The van der Waals surface area contributed by atoms with Crippen LogP contribution in [0, 0.1) is 12.3 Å². The number of fused-ring (bicyclic) bond motifs is 3. The fourth-order valence-electron chi connectivity index (χ4n) is 6.69. The van der Waals surface area contributed by atoms with E-state index in [9.17, 15) is 29.1 Å². The molecule has 4 heterocycles. The van der Waals surface area contributed by atoms with Crippen LogP contribution in [0.4, 0.5) is 0 Å². The van der Waals surface area contributed by atoms with Crippen LogP contribution < -0.4 is 20.7 Å². The Labute approximate surface area is 284 Å². The molecule has 14 heteroatoms. The van der Waals surface area contributed by atoms with E-state index in [0.717, 1.165) is 16.3 Å². The third kappa shape index (κ3) is 7.97. The lowest BCUT2D eigenvalue weighted by Crippen LogP contribution is -2.57. The molecule has 13 nitrogen and oxygen atoms in total. The Hall–Kier alpha value is -4.04. The minimum atomic E-state index is -1.21. The van der Waals surface area contributed by atoms with Gasteiger partial charge in [0.2, 0.25) is 17.7 Å². The number of thiazole rings is 1. The van der Waals surface area contributed by atoms with Crippen LogP contribution in [0.2, 0.25) is 0 Å². The molecule has 3 atom stereocenters. The van der Waals surface area contributed by atoms with E-state index in [1.165, 1.54) is 16.2 Å². The Balaban J connectivity index is 1.38. The molecule has 48 heavy (non-hydrogen) atoms. The molecule has 3 aliphatic heterocycles. The number of carbonyl (C=O) groups is 5. The smallest absolute Gasteiger partial charge is 0.265 e. The van der Waals surface area contributed by atoms with Crippen molar-refractivity contribution < 1.29 is 33.8 Å². The zero-order valence-corrected chi connectivity index (χ0v) is 28.9. The number of rotatable bonds is 3. The third-order valence-corrected chi connectivity index (χ3v) is 10.9. The van der Waals surface area contributed by atoms with E-state index >= 15 is 0 Å². The van der Waals surface area contributed by atoms with Crippen molar-refractivity contribution in [3.8, 4) is 5.75 Å². The minimum absolute atomic E-state index is 0.0441. The number of amides is 5. The molecule has 3 aliphatic rings. The fourth-order valence-corrected chi connectivity index (χ4v) is 7.73. The van der Waals surface area contributed by atoms with Gasteiger partial charge >= 0.3 is 0 Å². The van der Waals surface area contributed by atoms with Crippen molar-refractivity contribution in [2.24, 2.45) is 5.41 Å². The SMILES string of the molecule is Cc1nc(C(C)C)sc1C(=O)N1CCC2(CC1)CNC(=O)[C@H](CO)NC(=O)[C@@H]1CCCN1C(=O)[C@H](C)NC(=O)COc1cccc(c1)C2. The second kappa shape index (κ2) is 15.0. The maximum Gasteiger partial charge on any atom is 0.265 e. The number of benzene rings is 1. The van der Waals surface area contributed by atoms with E-state index in [-0.39, 0.29) is 25.0 Å². The summed E-state index contributed by atoms with van der Waals surface area (Å²) in [4.78, 5) is 74.8. The van der Waals surface area contributed by atoms with Gasteiger partial charge in [-0.15, -0.1) is 11.3 Å². The topological polar surface area (TPSA) is 170 Å². The van der Waals surface area contributed by atoms with Crippen molar-refractivity contribution in [3.05, 3.63) is 45.4 Å². The second-order valence-corrected chi connectivity index (χ2v) is 14.5. The van der Waals surface area contributed by atoms with Crippen LogP contribution >= 0.6 is 11.3 Å². The quantitative estimate of drug-likeness (QED) is 0.378. The zero-order chi connectivity index (χ0) is 34.6. The van der Waals surface area contributed by atoms with E-state index in [4.69, 9.17) is 4.74 Å². The van der Waals surface area contributed by atoms with Crippen LogP contribution in [-0.4, -0.2) is 107 Å². The molecule has 0 radical (unpaired) electrons. The molecule has 2 saturated heterocycles. The van der Waals surface area contributed by atoms with Crippen LogP contribution in [0.3, 0.4) is 0 Å². The lowest BCUT2D eigenvalue weighted by Gasteiger charge is -2.42. The first-order valence-corrected chi connectivity index (χ1v) is 17.5. The maximum absolute atomic E-state index is 13.6. The summed E-state index contributed by atoms with van der Waals surface area (Å²) in [5, 5.41) is 19.3. The maximum atomic E-state index is 13.6.